The third-order valence-electron chi connectivity index (χ3n) is 2.49. The summed E-state index contributed by atoms with van der Waals surface area (Å²) in [6.07, 6.45) is 0. The number of hydrogen-bond donors (Lipinski definition) is 2. The number of aromatic hydroxyl groups is 1. The highest BCUT2D eigenvalue weighted by molar-refractivity contribution is 9.11. The maximum Gasteiger partial charge on any atom is 0.143 e. The van der Waals surface area contributed by atoms with Gasteiger partial charge < -0.3 is 10.4 Å². The number of anilines is 1. The maximum atomic E-state index is 9.66. The number of halogens is 4. The number of benzene rings is 2. The molecule has 0 amide bonds. The van der Waals surface area contributed by atoms with Crippen molar-refractivity contribution in [2.24, 2.45) is 0 Å². The van der Waals surface area contributed by atoms with Gasteiger partial charge in [-0.15, -0.1) is 0 Å². The van der Waals surface area contributed by atoms with Crippen LogP contribution in [0.2, 0.25) is 5.02 Å². The summed E-state index contributed by atoms with van der Waals surface area (Å²) in [4.78, 5) is 0. The second-order valence-corrected chi connectivity index (χ2v) is 6.92. The molecular weight excluding hydrogens is 461 g/mol. The van der Waals surface area contributed by atoms with Crippen LogP contribution in [-0.2, 0) is 6.54 Å². The van der Waals surface area contributed by atoms with Gasteiger partial charge in [-0.05, 0) is 67.8 Å². The Balaban J connectivity index is 2.17. The molecule has 2 rings (SSSR count). The minimum absolute atomic E-state index is 0.198. The molecule has 0 radical (unpaired) electrons. The van der Waals surface area contributed by atoms with Crippen molar-refractivity contribution in [2.45, 2.75) is 6.54 Å². The van der Waals surface area contributed by atoms with Gasteiger partial charge in [0.15, 0.2) is 0 Å². The molecule has 2 N–H and O–H groups in total. The predicted molar refractivity (Wildman–Crippen MR) is 90.0 cm³/mol. The molecule has 0 spiro atoms. The molecule has 0 atom stereocenters. The van der Waals surface area contributed by atoms with Crippen molar-refractivity contribution in [1.82, 2.24) is 0 Å². The van der Waals surface area contributed by atoms with Gasteiger partial charge in [0.1, 0.15) is 5.75 Å². The monoisotopic (exact) mass is 467 g/mol. The van der Waals surface area contributed by atoms with Gasteiger partial charge in [-0.2, -0.15) is 0 Å². The SMILES string of the molecule is Oc1c(Br)cc(CNc2cc(Br)ccc2Cl)cc1Br. The molecule has 2 aromatic rings. The van der Waals surface area contributed by atoms with E-state index in [1.807, 2.05) is 30.3 Å². The number of nitrogens with one attached hydrogen (secondary N) is 1. The standard InChI is InChI=1S/C13H9Br3ClNO/c14-8-1-2-11(17)12(5-8)18-6-7-3-9(15)13(19)10(16)4-7/h1-5,18-19H,6H2. The number of rotatable bonds is 3. The number of hydrogen-bond acceptors (Lipinski definition) is 2. The van der Waals surface area contributed by atoms with E-state index in [0.29, 0.717) is 20.5 Å². The lowest BCUT2D eigenvalue weighted by Crippen LogP contribution is -2.00. The van der Waals surface area contributed by atoms with Gasteiger partial charge in [0.2, 0.25) is 0 Å². The Morgan fingerprint density at radius 3 is 2.32 bits per heavy atom. The van der Waals surface area contributed by atoms with E-state index in [9.17, 15) is 5.11 Å². The van der Waals surface area contributed by atoms with Crippen LogP contribution in [0.3, 0.4) is 0 Å². The summed E-state index contributed by atoms with van der Waals surface area (Å²) in [6, 6.07) is 9.36. The van der Waals surface area contributed by atoms with Gasteiger partial charge >= 0.3 is 0 Å². The van der Waals surface area contributed by atoms with Crippen molar-refractivity contribution >= 4 is 65.1 Å². The lowest BCUT2D eigenvalue weighted by Gasteiger charge is -2.10. The van der Waals surface area contributed by atoms with E-state index in [1.165, 1.54) is 0 Å². The summed E-state index contributed by atoms with van der Waals surface area (Å²) >= 11 is 16.1. The van der Waals surface area contributed by atoms with Crippen LogP contribution in [0.25, 0.3) is 0 Å². The van der Waals surface area contributed by atoms with Crippen LogP contribution in [-0.4, -0.2) is 5.11 Å². The molecule has 0 aliphatic carbocycles. The Kier molecular flexibility index (Phi) is 5.17. The van der Waals surface area contributed by atoms with Crippen LogP contribution in [0.5, 0.6) is 5.75 Å². The third kappa shape index (κ3) is 3.88. The topological polar surface area (TPSA) is 32.3 Å². The van der Waals surface area contributed by atoms with Gasteiger partial charge in [0.05, 0.1) is 19.7 Å². The average Bonchev–Trinajstić information content (AvgIpc) is 2.37. The van der Waals surface area contributed by atoms with E-state index >= 15 is 0 Å². The highest BCUT2D eigenvalue weighted by Crippen LogP contribution is 2.34. The minimum atomic E-state index is 0.198. The molecule has 0 aliphatic heterocycles. The molecule has 100 valence electrons. The van der Waals surface area contributed by atoms with Gasteiger partial charge in [0, 0.05) is 11.0 Å². The summed E-state index contributed by atoms with van der Waals surface area (Å²) in [6.45, 7) is 0.605. The fourth-order valence-electron chi connectivity index (χ4n) is 1.55. The molecule has 0 heterocycles. The first-order valence-electron chi connectivity index (χ1n) is 5.33. The van der Waals surface area contributed by atoms with Crippen LogP contribution in [0.1, 0.15) is 5.56 Å². The zero-order valence-corrected chi connectivity index (χ0v) is 15.1. The van der Waals surface area contributed by atoms with Crippen LogP contribution in [0.15, 0.2) is 43.7 Å². The van der Waals surface area contributed by atoms with Crippen molar-refractivity contribution in [3.8, 4) is 5.75 Å². The molecule has 0 bridgehead atoms. The Labute approximate surface area is 141 Å². The molecule has 2 aromatic carbocycles. The smallest absolute Gasteiger partial charge is 0.143 e. The molecule has 0 aromatic heterocycles. The lowest BCUT2D eigenvalue weighted by atomic mass is 10.2. The highest BCUT2D eigenvalue weighted by atomic mass is 79.9. The second-order valence-electron chi connectivity index (χ2n) is 3.89. The van der Waals surface area contributed by atoms with E-state index in [0.717, 1.165) is 15.7 Å². The van der Waals surface area contributed by atoms with Crippen molar-refractivity contribution in [3.05, 3.63) is 54.3 Å². The van der Waals surface area contributed by atoms with Crippen molar-refractivity contribution in [1.29, 1.82) is 0 Å². The molecule has 19 heavy (non-hydrogen) atoms. The molecule has 0 saturated heterocycles. The minimum Gasteiger partial charge on any atom is -0.506 e. The van der Waals surface area contributed by atoms with E-state index in [1.54, 1.807) is 0 Å². The van der Waals surface area contributed by atoms with Gasteiger partial charge in [-0.25, -0.2) is 0 Å². The Bertz CT molecular complexity index is 596. The third-order valence-corrected chi connectivity index (χ3v) is 4.52. The normalized spacial score (nSPS) is 10.5. The summed E-state index contributed by atoms with van der Waals surface area (Å²) in [5.74, 6) is 0.198. The Morgan fingerprint density at radius 2 is 1.68 bits per heavy atom. The highest BCUT2D eigenvalue weighted by Gasteiger charge is 2.07. The molecule has 0 aliphatic rings. The van der Waals surface area contributed by atoms with E-state index in [-0.39, 0.29) is 5.75 Å². The van der Waals surface area contributed by atoms with Crippen molar-refractivity contribution in [3.63, 3.8) is 0 Å². The fourth-order valence-corrected chi connectivity index (χ4v) is 3.38. The first-order chi connectivity index (χ1) is 8.97. The first-order valence-corrected chi connectivity index (χ1v) is 8.09. The van der Waals surface area contributed by atoms with E-state index in [2.05, 4.69) is 53.1 Å². The van der Waals surface area contributed by atoms with E-state index in [4.69, 9.17) is 11.6 Å². The molecule has 6 heteroatoms. The molecular formula is C13H9Br3ClNO. The zero-order valence-electron chi connectivity index (χ0n) is 9.55. The van der Waals surface area contributed by atoms with Crippen LogP contribution < -0.4 is 5.32 Å². The van der Waals surface area contributed by atoms with Crippen molar-refractivity contribution < 1.29 is 5.11 Å². The van der Waals surface area contributed by atoms with Gasteiger partial charge in [-0.1, -0.05) is 27.5 Å². The maximum absolute atomic E-state index is 9.66. The number of phenolic OH excluding ortho intramolecular Hbond substituents is 1. The summed E-state index contributed by atoms with van der Waals surface area (Å²) < 4.78 is 2.27. The summed E-state index contributed by atoms with van der Waals surface area (Å²) in [7, 11) is 0. The molecule has 2 nitrogen and oxygen atoms in total. The fraction of sp³-hybridized carbons (Fsp3) is 0.0769. The lowest BCUT2D eigenvalue weighted by molar-refractivity contribution is 0.468. The predicted octanol–water partition coefficient (Wildman–Crippen LogP) is 5.95. The van der Waals surface area contributed by atoms with Crippen LogP contribution >= 0.6 is 59.4 Å². The van der Waals surface area contributed by atoms with Crippen LogP contribution in [0.4, 0.5) is 5.69 Å². The quantitative estimate of drug-likeness (QED) is 0.582. The first kappa shape index (κ1) is 15.2. The van der Waals surface area contributed by atoms with E-state index < -0.39 is 0 Å². The van der Waals surface area contributed by atoms with Gasteiger partial charge in [-0.3, -0.25) is 0 Å². The molecule has 0 fully saturated rings. The average molecular weight is 470 g/mol. The summed E-state index contributed by atoms with van der Waals surface area (Å²) in [5.41, 5.74) is 1.88. The Morgan fingerprint density at radius 1 is 1.05 bits per heavy atom. The van der Waals surface area contributed by atoms with Crippen LogP contribution in [0, 0.1) is 0 Å². The largest absolute Gasteiger partial charge is 0.506 e. The summed E-state index contributed by atoms with van der Waals surface area (Å²) in [5, 5.41) is 13.6. The second kappa shape index (κ2) is 6.48. The number of phenols is 1. The van der Waals surface area contributed by atoms with Crippen molar-refractivity contribution in [2.75, 3.05) is 5.32 Å². The van der Waals surface area contributed by atoms with Gasteiger partial charge in [0.25, 0.3) is 0 Å². The zero-order chi connectivity index (χ0) is 14.0. The Hall–Kier alpha value is -0.230. The molecule has 0 saturated carbocycles. The molecule has 0 unspecified atom stereocenters.